The minimum atomic E-state index is 0.726. The summed E-state index contributed by atoms with van der Waals surface area (Å²) in [5.74, 6) is 0. The van der Waals surface area contributed by atoms with Gasteiger partial charge in [0.15, 0.2) is 0 Å². The fraction of sp³-hybridized carbons (Fsp3) is 0.667. The second-order valence-corrected chi connectivity index (χ2v) is 2.16. The molecule has 0 aromatic heterocycles. The second-order valence-electron chi connectivity index (χ2n) is 2.16. The number of nitrogens with two attached hydrogens (primary N) is 1. The topological polar surface area (TPSA) is 54.0 Å². The quantitative estimate of drug-likeness (QED) is 0.583. The molecular formula is C6H12N4. The fourth-order valence-corrected chi connectivity index (χ4v) is 0.772. The Labute approximate surface area is 60.4 Å². The van der Waals surface area contributed by atoms with E-state index in [1.165, 1.54) is 0 Å². The van der Waals surface area contributed by atoms with Crippen LogP contribution in [0.25, 0.3) is 0 Å². The van der Waals surface area contributed by atoms with Crippen molar-refractivity contribution in [2.24, 2.45) is 15.7 Å². The molecule has 0 unspecified atom stereocenters. The van der Waals surface area contributed by atoms with Crippen LogP contribution in [0.15, 0.2) is 9.98 Å². The molecule has 1 rings (SSSR count). The van der Waals surface area contributed by atoms with Crippen LogP contribution in [0.2, 0.25) is 0 Å². The molecule has 1 heterocycles. The molecule has 2 N–H and O–H groups in total. The van der Waals surface area contributed by atoms with E-state index in [1.807, 2.05) is 4.90 Å². The van der Waals surface area contributed by atoms with Gasteiger partial charge in [-0.25, -0.2) is 4.99 Å². The molecule has 1 aliphatic rings. The minimum Gasteiger partial charge on any atom is -0.343 e. The van der Waals surface area contributed by atoms with Crippen molar-refractivity contribution in [2.45, 2.75) is 6.42 Å². The molecule has 0 aromatic rings. The largest absolute Gasteiger partial charge is 0.343 e. The number of aliphatic imine (C=N–C) groups is 2. The van der Waals surface area contributed by atoms with Gasteiger partial charge in [-0.05, 0) is 13.0 Å². The van der Waals surface area contributed by atoms with Crippen LogP contribution < -0.4 is 5.73 Å². The Kier molecular flexibility index (Phi) is 2.89. The monoisotopic (exact) mass is 140 g/mol. The van der Waals surface area contributed by atoms with Crippen molar-refractivity contribution >= 4 is 12.7 Å². The van der Waals surface area contributed by atoms with Gasteiger partial charge in [-0.15, -0.1) is 0 Å². The molecule has 1 aliphatic heterocycles. The highest BCUT2D eigenvalue weighted by Crippen LogP contribution is 1.90. The van der Waals surface area contributed by atoms with E-state index in [9.17, 15) is 0 Å². The lowest BCUT2D eigenvalue weighted by molar-refractivity contribution is 0.434. The number of rotatable bonds is 3. The van der Waals surface area contributed by atoms with Crippen LogP contribution in [0, 0.1) is 0 Å². The summed E-state index contributed by atoms with van der Waals surface area (Å²) in [4.78, 5) is 9.89. The fourth-order valence-electron chi connectivity index (χ4n) is 0.772. The summed E-state index contributed by atoms with van der Waals surface area (Å²) < 4.78 is 0. The maximum atomic E-state index is 5.34. The molecule has 0 atom stereocenters. The first-order chi connectivity index (χ1) is 4.93. The van der Waals surface area contributed by atoms with Crippen LogP contribution >= 0.6 is 0 Å². The molecule has 4 heteroatoms. The molecule has 0 amide bonds. The molecule has 0 radical (unpaired) electrons. The Hall–Kier alpha value is -0.900. The van der Waals surface area contributed by atoms with Crippen molar-refractivity contribution in [1.82, 2.24) is 4.90 Å². The van der Waals surface area contributed by atoms with Gasteiger partial charge in [0, 0.05) is 6.54 Å². The predicted octanol–water partition coefficient (Wildman–Crippen LogP) is -0.335. The lowest BCUT2D eigenvalue weighted by Gasteiger charge is -2.17. The highest BCUT2D eigenvalue weighted by Gasteiger charge is 1.98. The number of hydrogen-bond acceptors (Lipinski definition) is 4. The van der Waals surface area contributed by atoms with Crippen molar-refractivity contribution in [1.29, 1.82) is 0 Å². The van der Waals surface area contributed by atoms with Crippen molar-refractivity contribution in [3.63, 3.8) is 0 Å². The van der Waals surface area contributed by atoms with Crippen molar-refractivity contribution in [3.05, 3.63) is 0 Å². The van der Waals surface area contributed by atoms with E-state index >= 15 is 0 Å². The first-order valence-electron chi connectivity index (χ1n) is 3.39. The van der Waals surface area contributed by atoms with Gasteiger partial charge in [0.2, 0.25) is 0 Å². The van der Waals surface area contributed by atoms with E-state index in [2.05, 4.69) is 9.98 Å². The highest BCUT2D eigenvalue weighted by atomic mass is 15.2. The molecule has 0 aromatic carbocycles. The normalized spacial score (nSPS) is 16.3. The van der Waals surface area contributed by atoms with Crippen molar-refractivity contribution < 1.29 is 0 Å². The van der Waals surface area contributed by atoms with E-state index < -0.39 is 0 Å². The Balaban J connectivity index is 2.17. The van der Waals surface area contributed by atoms with Gasteiger partial charge < -0.3 is 10.6 Å². The highest BCUT2D eigenvalue weighted by molar-refractivity contribution is 5.72. The summed E-state index contributed by atoms with van der Waals surface area (Å²) in [5, 5.41) is 0. The van der Waals surface area contributed by atoms with E-state index in [0.29, 0.717) is 0 Å². The summed E-state index contributed by atoms with van der Waals surface area (Å²) in [6.45, 7) is 2.41. The Morgan fingerprint density at radius 3 is 3.10 bits per heavy atom. The first-order valence-corrected chi connectivity index (χ1v) is 3.39. The zero-order valence-electron chi connectivity index (χ0n) is 5.90. The molecule has 0 saturated carbocycles. The SMILES string of the molecule is NCCCN1C=NC=NC1. The summed E-state index contributed by atoms with van der Waals surface area (Å²) in [7, 11) is 0. The maximum Gasteiger partial charge on any atom is 0.113 e. The second kappa shape index (κ2) is 4.00. The van der Waals surface area contributed by atoms with Crippen LogP contribution in [-0.2, 0) is 0 Å². The van der Waals surface area contributed by atoms with Crippen LogP contribution in [0.4, 0.5) is 0 Å². The standard InChI is InChI=1S/C6H12N4/c7-2-1-3-10-5-8-4-9-6-10/h4-5H,1-3,6-7H2. The van der Waals surface area contributed by atoms with Gasteiger partial charge in [-0.2, -0.15) is 0 Å². The zero-order chi connectivity index (χ0) is 7.23. The predicted molar refractivity (Wildman–Crippen MR) is 42.2 cm³/mol. The van der Waals surface area contributed by atoms with Crippen molar-refractivity contribution in [2.75, 3.05) is 19.8 Å². The summed E-state index contributed by atoms with van der Waals surface area (Å²) in [6, 6.07) is 0. The molecule has 4 nitrogen and oxygen atoms in total. The first kappa shape index (κ1) is 7.21. The van der Waals surface area contributed by atoms with E-state index in [4.69, 9.17) is 5.73 Å². The third kappa shape index (κ3) is 2.14. The lowest BCUT2D eigenvalue weighted by Crippen LogP contribution is -2.26. The van der Waals surface area contributed by atoms with Crippen LogP contribution in [0.3, 0.4) is 0 Å². The third-order valence-corrected chi connectivity index (χ3v) is 1.29. The van der Waals surface area contributed by atoms with Gasteiger partial charge >= 0.3 is 0 Å². The molecular weight excluding hydrogens is 128 g/mol. The molecule has 56 valence electrons. The average Bonchev–Trinajstić information content (AvgIpc) is 2.03. The average molecular weight is 140 g/mol. The molecule has 0 fully saturated rings. The molecule has 0 spiro atoms. The van der Waals surface area contributed by atoms with Crippen molar-refractivity contribution in [3.8, 4) is 0 Å². The third-order valence-electron chi connectivity index (χ3n) is 1.29. The Bertz CT molecular complexity index is 141. The van der Waals surface area contributed by atoms with E-state index in [1.54, 1.807) is 12.7 Å². The minimum absolute atomic E-state index is 0.726. The zero-order valence-corrected chi connectivity index (χ0v) is 5.90. The lowest BCUT2D eigenvalue weighted by atomic mass is 10.4. The van der Waals surface area contributed by atoms with Gasteiger partial charge in [-0.1, -0.05) is 0 Å². The van der Waals surface area contributed by atoms with Crippen LogP contribution in [-0.4, -0.2) is 37.3 Å². The maximum absolute atomic E-state index is 5.34. The number of nitrogens with zero attached hydrogens (tertiary/aromatic N) is 3. The van der Waals surface area contributed by atoms with Crippen LogP contribution in [0.5, 0.6) is 0 Å². The Morgan fingerprint density at radius 1 is 1.60 bits per heavy atom. The molecule has 0 saturated heterocycles. The molecule has 0 bridgehead atoms. The van der Waals surface area contributed by atoms with Gasteiger partial charge in [0.1, 0.15) is 13.0 Å². The van der Waals surface area contributed by atoms with Gasteiger partial charge in [0.25, 0.3) is 0 Å². The smallest absolute Gasteiger partial charge is 0.113 e. The molecule has 10 heavy (non-hydrogen) atoms. The summed E-state index contributed by atoms with van der Waals surface area (Å²) >= 11 is 0. The molecule has 0 aliphatic carbocycles. The van der Waals surface area contributed by atoms with Crippen LogP contribution in [0.1, 0.15) is 6.42 Å². The summed E-state index contributed by atoms with van der Waals surface area (Å²) in [5.41, 5.74) is 5.34. The number of hydrogen-bond donors (Lipinski definition) is 1. The van der Waals surface area contributed by atoms with Gasteiger partial charge in [0.05, 0.1) is 6.34 Å². The Morgan fingerprint density at radius 2 is 2.50 bits per heavy atom. The van der Waals surface area contributed by atoms with Gasteiger partial charge in [-0.3, -0.25) is 4.99 Å². The van der Waals surface area contributed by atoms with E-state index in [0.717, 1.165) is 26.2 Å². The van der Waals surface area contributed by atoms with E-state index in [-0.39, 0.29) is 0 Å². The summed E-state index contributed by atoms with van der Waals surface area (Å²) in [6.07, 6.45) is 4.36.